The topological polar surface area (TPSA) is 59.5 Å². The number of likely N-dealkylation sites (N-methyl/N-ethyl adjacent to an activating group) is 1. The molecule has 1 unspecified atom stereocenters. The number of aldehydes is 1. The molecule has 0 N–H and O–H groups in total. The molecule has 0 aliphatic carbocycles. The highest BCUT2D eigenvalue weighted by atomic mass is 35.5. The summed E-state index contributed by atoms with van der Waals surface area (Å²) in [5.41, 5.74) is -1.61. The maximum atomic E-state index is 12.2. The molecule has 5 nitrogen and oxygen atoms in total. The van der Waals surface area contributed by atoms with Gasteiger partial charge in [0.15, 0.2) is 0 Å². The maximum Gasteiger partial charge on any atom is 0.411 e. The van der Waals surface area contributed by atoms with Gasteiger partial charge >= 0.3 is 6.09 Å². The van der Waals surface area contributed by atoms with Crippen molar-refractivity contribution in [1.82, 2.24) is 9.88 Å². The van der Waals surface area contributed by atoms with Gasteiger partial charge in [-0.1, -0.05) is 29.3 Å². The zero-order valence-corrected chi connectivity index (χ0v) is 14.1. The first-order valence-electron chi connectivity index (χ1n) is 6.27. The van der Waals surface area contributed by atoms with E-state index < -0.39 is 17.2 Å². The van der Waals surface area contributed by atoms with Crippen molar-refractivity contribution in [3.05, 3.63) is 28.0 Å². The van der Waals surface area contributed by atoms with E-state index in [-0.39, 0.29) is 10.3 Å². The largest absolute Gasteiger partial charge is 0.444 e. The van der Waals surface area contributed by atoms with E-state index in [2.05, 4.69) is 4.98 Å². The summed E-state index contributed by atoms with van der Waals surface area (Å²) in [6.07, 6.45) is -0.0172. The van der Waals surface area contributed by atoms with Gasteiger partial charge in [-0.3, -0.25) is 4.90 Å². The number of carbonyl (C=O) groups excluding carboxylic acids is 2. The van der Waals surface area contributed by atoms with Crippen LogP contribution in [0.1, 0.15) is 33.3 Å². The summed E-state index contributed by atoms with van der Waals surface area (Å²) in [7, 11) is 1.47. The van der Waals surface area contributed by atoms with Crippen LogP contribution in [0, 0.1) is 0 Å². The van der Waals surface area contributed by atoms with Crippen LogP contribution in [0.5, 0.6) is 0 Å². The zero-order chi connectivity index (χ0) is 16.4. The highest BCUT2D eigenvalue weighted by Gasteiger charge is 2.38. The Morgan fingerprint density at radius 3 is 2.29 bits per heavy atom. The summed E-state index contributed by atoms with van der Waals surface area (Å²) in [6, 6.07) is 3.07. The minimum absolute atomic E-state index is 0.0625. The van der Waals surface area contributed by atoms with Crippen molar-refractivity contribution in [2.75, 3.05) is 7.05 Å². The summed E-state index contributed by atoms with van der Waals surface area (Å²) < 4.78 is 5.27. The second-order valence-electron chi connectivity index (χ2n) is 5.78. The lowest BCUT2D eigenvalue weighted by Crippen LogP contribution is -2.48. The van der Waals surface area contributed by atoms with Gasteiger partial charge in [-0.2, -0.15) is 0 Å². The summed E-state index contributed by atoms with van der Waals surface area (Å²) >= 11 is 11.8. The van der Waals surface area contributed by atoms with E-state index in [0.29, 0.717) is 11.8 Å². The van der Waals surface area contributed by atoms with Crippen LogP contribution in [-0.2, 0) is 15.1 Å². The van der Waals surface area contributed by atoms with Crippen molar-refractivity contribution in [2.24, 2.45) is 0 Å². The Morgan fingerprint density at radius 1 is 1.29 bits per heavy atom. The minimum atomic E-state index is -1.31. The molecular formula is C14H18Cl2N2O3. The van der Waals surface area contributed by atoms with Crippen molar-refractivity contribution < 1.29 is 14.3 Å². The number of pyridine rings is 1. The fourth-order valence-corrected chi connectivity index (χ4v) is 2.17. The normalized spacial score (nSPS) is 14.2. The number of halogens is 2. The van der Waals surface area contributed by atoms with E-state index in [0.717, 1.165) is 0 Å². The molecular weight excluding hydrogens is 315 g/mol. The monoisotopic (exact) mass is 332 g/mol. The van der Waals surface area contributed by atoms with Crippen LogP contribution < -0.4 is 0 Å². The third kappa shape index (κ3) is 4.08. The van der Waals surface area contributed by atoms with Crippen LogP contribution in [-0.4, -0.2) is 34.9 Å². The molecule has 0 saturated heterocycles. The van der Waals surface area contributed by atoms with Gasteiger partial charge in [-0.25, -0.2) is 9.78 Å². The van der Waals surface area contributed by atoms with Crippen molar-refractivity contribution >= 4 is 35.6 Å². The number of hydrogen-bond acceptors (Lipinski definition) is 4. The first-order valence-corrected chi connectivity index (χ1v) is 7.02. The number of nitrogens with zero attached hydrogens (tertiary/aromatic N) is 2. The molecule has 0 bridgehead atoms. The standard InChI is InChI=1S/C14H18Cl2N2O3/c1-13(2,3)21-12(20)18(5)14(4,8-19)9-6-7-10(15)17-11(9)16/h6-8H,1-5H3. The highest BCUT2D eigenvalue weighted by Crippen LogP contribution is 2.32. The lowest BCUT2D eigenvalue weighted by Gasteiger charge is -2.35. The molecule has 116 valence electrons. The summed E-state index contributed by atoms with van der Waals surface area (Å²) in [5.74, 6) is 0. The molecule has 21 heavy (non-hydrogen) atoms. The molecule has 0 spiro atoms. The minimum Gasteiger partial charge on any atom is -0.444 e. The lowest BCUT2D eigenvalue weighted by molar-refractivity contribution is -0.117. The Kier molecular flexibility index (Phi) is 5.23. The first kappa shape index (κ1) is 17.7. The van der Waals surface area contributed by atoms with Gasteiger partial charge < -0.3 is 9.53 Å². The van der Waals surface area contributed by atoms with Gasteiger partial charge in [0, 0.05) is 12.6 Å². The highest BCUT2D eigenvalue weighted by molar-refractivity contribution is 6.33. The molecule has 7 heteroatoms. The van der Waals surface area contributed by atoms with Gasteiger partial charge in [-0.15, -0.1) is 0 Å². The average Bonchev–Trinajstić information content (AvgIpc) is 2.34. The average molecular weight is 333 g/mol. The van der Waals surface area contributed by atoms with E-state index in [1.165, 1.54) is 18.0 Å². The van der Waals surface area contributed by atoms with E-state index in [4.69, 9.17) is 27.9 Å². The number of ether oxygens (including phenoxy) is 1. The lowest BCUT2D eigenvalue weighted by atomic mass is 9.94. The Balaban J connectivity index is 3.20. The molecule has 1 aromatic heterocycles. The molecule has 0 fully saturated rings. The van der Waals surface area contributed by atoms with Crippen LogP contribution in [0.3, 0.4) is 0 Å². The second kappa shape index (κ2) is 6.20. The number of aromatic nitrogens is 1. The SMILES string of the molecule is CN(C(=O)OC(C)(C)C)C(C)(C=O)c1ccc(Cl)nc1Cl. The molecule has 0 radical (unpaired) electrons. The van der Waals surface area contributed by atoms with E-state index in [1.807, 2.05) is 0 Å². The third-order valence-electron chi connectivity index (χ3n) is 2.95. The van der Waals surface area contributed by atoms with E-state index in [9.17, 15) is 9.59 Å². The van der Waals surface area contributed by atoms with Gasteiger partial charge in [0.2, 0.25) is 0 Å². The van der Waals surface area contributed by atoms with Gasteiger partial charge in [0.05, 0.1) is 0 Å². The Bertz CT molecular complexity index is 558. The van der Waals surface area contributed by atoms with Crippen molar-refractivity contribution in [3.8, 4) is 0 Å². The molecule has 1 atom stereocenters. The molecule has 0 aromatic carbocycles. The maximum absolute atomic E-state index is 12.2. The van der Waals surface area contributed by atoms with E-state index in [1.54, 1.807) is 33.8 Å². The zero-order valence-electron chi connectivity index (χ0n) is 12.6. The van der Waals surface area contributed by atoms with Gasteiger partial charge in [-0.05, 0) is 33.8 Å². The van der Waals surface area contributed by atoms with Crippen LogP contribution >= 0.6 is 23.2 Å². The predicted molar refractivity (Wildman–Crippen MR) is 81.7 cm³/mol. The van der Waals surface area contributed by atoms with Crippen LogP contribution in [0.2, 0.25) is 10.3 Å². The summed E-state index contributed by atoms with van der Waals surface area (Å²) in [4.78, 5) is 28.9. The molecule has 1 heterocycles. The van der Waals surface area contributed by atoms with Crippen LogP contribution in [0.15, 0.2) is 12.1 Å². The van der Waals surface area contributed by atoms with Gasteiger partial charge in [0.25, 0.3) is 0 Å². The van der Waals surface area contributed by atoms with Crippen molar-refractivity contribution in [3.63, 3.8) is 0 Å². The fourth-order valence-electron chi connectivity index (χ4n) is 1.63. The Hall–Kier alpha value is -1.33. The number of amides is 1. The molecule has 1 rings (SSSR count). The van der Waals surface area contributed by atoms with Crippen LogP contribution in [0.4, 0.5) is 4.79 Å². The molecule has 1 amide bonds. The number of hydrogen-bond donors (Lipinski definition) is 0. The van der Waals surface area contributed by atoms with Crippen molar-refractivity contribution in [2.45, 2.75) is 38.8 Å². The first-order chi connectivity index (χ1) is 9.51. The number of carbonyl (C=O) groups is 2. The summed E-state index contributed by atoms with van der Waals surface area (Å²) in [6.45, 7) is 6.79. The Morgan fingerprint density at radius 2 is 1.86 bits per heavy atom. The van der Waals surface area contributed by atoms with Gasteiger partial charge in [0.1, 0.15) is 27.7 Å². The smallest absolute Gasteiger partial charge is 0.411 e. The molecule has 0 saturated carbocycles. The predicted octanol–water partition coefficient (Wildman–Crippen LogP) is 3.67. The molecule has 0 aliphatic rings. The number of rotatable bonds is 3. The second-order valence-corrected chi connectivity index (χ2v) is 6.52. The fraction of sp³-hybridized carbons (Fsp3) is 0.500. The summed E-state index contributed by atoms with van der Waals surface area (Å²) in [5, 5.41) is 0.268. The molecule has 0 aliphatic heterocycles. The Labute approximate surface area is 134 Å². The quantitative estimate of drug-likeness (QED) is 0.625. The third-order valence-corrected chi connectivity index (χ3v) is 3.45. The van der Waals surface area contributed by atoms with Crippen LogP contribution in [0.25, 0.3) is 0 Å². The molecule has 1 aromatic rings. The van der Waals surface area contributed by atoms with E-state index >= 15 is 0 Å². The van der Waals surface area contributed by atoms with Crippen molar-refractivity contribution in [1.29, 1.82) is 0 Å².